The maximum Gasteiger partial charge on any atom is 0.340 e. The number of hydrogen-bond donors (Lipinski definition) is 0. The summed E-state index contributed by atoms with van der Waals surface area (Å²) in [6.45, 7) is 0. The predicted octanol–water partition coefficient (Wildman–Crippen LogP) is 3.65. The molecule has 0 amide bonds. The van der Waals surface area contributed by atoms with Crippen LogP contribution in [-0.4, -0.2) is 15.4 Å². The molecular formula is C9H7Br3O3. The van der Waals surface area contributed by atoms with Crippen LogP contribution in [0, 0.1) is 0 Å². The van der Waals surface area contributed by atoms with Gasteiger partial charge in [-0.3, -0.25) is 0 Å². The fraction of sp³-hybridized carbons (Fsp3) is 0.222. The first-order valence-corrected chi connectivity index (χ1v) is 6.24. The smallest absolute Gasteiger partial charge is 0.340 e. The van der Waals surface area contributed by atoms with Gasteiger partial charge >= 0.3 is 5.97 Å². The van der Waals surface area contributed by atoms with Gasteiger partial charge in [0.25, 0.3) is 2.33 Å². The molecular weight excluding hydrogens is 396 g/mol. The van der Waals surface area contributed by atoms with Crippen LogP contribution in [0.15, 0.2) is 24.3 Å². The quantitative estimate of drug-likeness (QED) is 0.559. The van der Waals surface area contributed by atoms with Crippen molar-refractivity contribution in [2.75, 3.05) is 7.11 Å². The lowest BCUT2D eigenvalue weighted by Crippen LogP contribution is -2.14. The lowest BCUT2D eigenvalue weighted by molar-refractivity contribution is 0.0537. The van der Waals surface area contributed by atoms with Gasteiger partial charge in [0.15, 0.2) is 0 Å². The van der Waals surface area contributed by atoms with Crippen LogP contribution in [0.2, 0.25) is 0 Å². The lowest BCUT2D eigenvalue weighted by atomic mass is 10.2. The first kappa shape index (κ1) is 13.0. The fourth-order valence-corrected chi connectivity index (χ4v) is 1.33. The molecule has 0 bridgehead atoms. The lowest BCUT2D eigenvalue weighted by Gasteiger charge is -2.13. The van der Waals surface area contributed by atoms with Gasteiger partial charge < -0.3 is 9.47 Å². The number of benzene rings is 1. The Morgan fingerprint density at radius 3 is 2.13 bits per heavy atom. The average Bonchev–Trinajstić information content (AvgIpc) is 2.15. The van der Waals surface area contributed by atoms with Crippen LogP contribution in [0.5, 0.6) is 5.75 Å². The van der Waals surface area contributed by atoms with E-state index in [4.69, 9.17) is 9.47 Å². The second-order valence-corrected chi connectivity index (χ2v) is 9.11. The summed E-state index contributed by atoms with van der Waals surface area (Å²) < 4.78 is 8.91. The molecule has 1 rings (SSSR count). The van der Waals surface area contributed by atoms with Crippen LogP contribution in [0.1, 0.15) is 10.4 Å². The minimum atomic E-state index is -1.02. The average molecular weight is 403 g/mol. The monoisotopic (exact) mass is 400 g/mol. The van der Waals surface area contributed by atoms with Crippen molar-refractivity contribution in [3.05, 3.63) is 29.8 Å². The Kier molecular flexibility index (Phi) is 4.61. The van der Waals surface area contributed by atoms with E-state index < -0.39 is 8.30 Å². The summed E-state index contributed by atoms with van der Waals surface area (Å²) in [6, 6.07) is 6.63. The van der Waals surface area contributed by atoms with Crippen molar-refractivity contribution in [2.24, 2.45) is 0 Å². The number of ether oxygens (including phenoxy) is 2. The Hall–Kier alpha value is -0.0700. The van der Waals surface area contributed by atoms with E-state index in [1.54, 1.807) is 31.4 Å². The maximum atomic E-state index is 11.5. The SMILES string of the molecule is COc1ccc(C(=O)OC(Br)(Br)Br)cc1. The summed E-state index contributed by atoms with van der Waals surface area (Å²) in [5, 5.41) is 0. The number of rotatable bonds is 2. The van der Waals surface area contributed by atoms with Gasteiger partial charge in [-0.2, -0.15) is 0 Å². The van der Waals surface area contributed by atoms with E-state index >= 15 is 0 Å². The topological polar surface area (TPSA) is 35.5 Å². The second-order valence-electron chi connectivity index (χ2n) is 2.56. The number of alkyl halides is 3. The molecule has 0 fully saturated rings. The molecule has 6 heteroatoms. The van der Waals surface area contributed by atoms with Crippen molar-refractivity contribution in [2.45, 2.75) is 2.33 Å². The zero-order valence-corrected chi connectivity index (χ0v) is 12.4. The highest BCUT2D eigenvalue weighted by Gasteiger charge is 2.23. The third-order valence-electron chi connectivity index (χ3n) is 1.53. The number of carbonyl (C=O) groups excluding carboxylic acids is 1. The summed E-state index contributed by atoms with van der Waals surface area (Å²) in [5.41, 5.74) is 0.443. The summed E-state index contributed by atoms with van der Waals surface area (Å²) in [6.07, 6.45) is 0. The third kappa shape index (κ3) is 4.53. The molecule has 1 aromatic carbocycles. The molecule has 15 heavy (non-hydrogen) atoms. The van der Waals surface area contributed by atoms with Gasteiger partial charge in [-0.05, 0) is 72.1 Å². The third-order valence-corrected chi connectivity index (χ3v) is 2.02. The highest BCUT2D eigenvalue weighted by Crippen LogP contribution is 2.35. The van der Waals surface area contributed by atoms with Crippen LogP contribution in [0.4, 0.5) is 0 Å². The Morgan fingerprint density at radius 2 is 1.73 bits per heavy atom. The van der Waals surface area contributed by atoms with E-state index in [9.17, 15) is 4.79 Å². The largest absolute Gasteiger partial charge is 0.497 e. The van der Waals surface area contributed by atoms with Gasteiger partial charge in [-0.15, -0.1) is 0 Å². The van der Waals surface area contributed by atoms with Gasteiger partial charge in [0, 0.05) is 0 Å². The van der Waals surface area contributed by atoms with Crippen LogP contribution >= 0.6 is 47.8 Å². The molecule has 0 N–H and O–H groups in total. The van der Waals surface area contributed by atoms with Gasteiger partial charge in [0.05, 0.1) is 12.7 Å². The molecule has 3 nitrogen and oxygen atoms in total. The van der Waals surface area contributed by atoms with Gasteiger partial charge in [0.2, 0.25) is 0 Å². The number of esters is 1. The fourth-order valence-electron chi connectivity index (χ4n) is 0.891. The van der Waals surface area contributed by atoms with Gasteiger partial charge in [-0.25, -0.2) is 4.79 Å². The Morgan fingerprint density at radius 1 is 1.20 bits per heavy atom. The van der Waals surface area contributed by atoms with Crippen LogP contribution in [0.25, 0.3) is 0 Å². The first-order chi connectivity index (χ1) is 6.92. The minimum Gasteiger partial charge on any atom is -0.497 e. The first-order valence-electron chi connectivity index (χ1n) is 3.86. The molecule has 0 radical (unpaired) electrons. The van der Waals surface area contributed by atoms with Crippen molar-refractivity contribution < 1.29 is 14.3 Å². The van der Waals surface area contributed by atoms with Crippen molar-refractivity contribution in [1.29, 1.82) is 0 Å². The minimum absolute atomic E-state index is 0.443. The summed E-state index contributed by atoms with van der Waals surface area (Å²) in [5.74, 6) is 0.234. The normalized spacial score (nSPS) is 10.9. The standard InChI is InChI=1S/C9H7Br3O3/c1-14-7-4-2-6(3-5-7)8(13)15-9(10,11)12/h2-5H,1H3. The summed E-state index contributed by atoms with van der Waals surface area (Å²) >= 11 is 9.21. The Bertz CT molecular complexity index is 343. The van der Waals surface area contributed by atoms with E-state index in [1.165, 1.54) is 0 Å². The molecule has 1 aromatic rings. The molecule has 82 valence electrons. The molecule has 0 unspecified atom stereocenters. The van der Waals surface area contributed by atoms with Crippen molar-refractivity contribution in [3.8, 4) is 5.75 Å². The molecule has 0 heterocycles. The van der Waals surface area contributed by atoms with Crippen LogP contribution in [-0.2, 0) is 4.74 Å². The Balaban J connectivity index is 2.75. The van der Waals surface area contributed by atoms with Crippen molar-refractivity contribution in [3.63, 3.8) is 0 Å². The highest BCUT2D eigenvalue weighted by molar-refractivity contribution is 9.39. The maximum absolute atomic E-state index is 11.5. The van der Waals surface area contributed by atoms with Gasteiger partial charge in [-0.1, -0.05) is 0 Å². The van der Waals surface area contributed by atoms with Crippen LogP contribution in [0.3, 0.4) is 0 Å². The molecule has 0 saturated heterocycles. The molecule has 0 atom stereocenters. The number of hydrogen-bond acceptors (Lipinski definition) is 3. The number of carbonyl (C=O) groups is 1. The van der Waals surface area contributed by atoms with E-state index in [0.29, 0.717) is 11.3 Å². The molecule has 0 spiro atoms. The Labute approximate surface area is 113 Å². The van der Waals surface area contributed by atoms with E-state index in [1.807, 2.05) is 0 Å². The molecule has 0 aliphatic rings. The van der Waals surface area contributed by atoms with E-state index in [-0.39, 0.29) is 0 Å². The zero-order valence-electron chi connectivity index (χ0n) is 7.67. The summed E-state index contributed by atoms with van der Waals surface area (Å²) in [7, 11) is 1.56. The molecule has 0 saturated carbocycles. The zero-order chi connectivity index (χ0) is 11.5. The molecule has 0 aromatic heterocycles. The number of halogens is 3. The second kappa shape index (κ2) is 5.32. The van der Waals surface area contributed by atoms with Gasteiger partial charge in [0.1, 0.15) is 5.75 Å². The highest BCUT2D eigenvalue weighted by atomic mass is 80.0. The molecule has 0 aliphatic carbocycles. The molecule has 0 aliphatic heterocycles. The van der Waals surface area contributed by atoms with E-state index in [0.717, 1.165) is 0 Å². The summed E-state index contributed by atoms with van der Waals surface area (Å²) in [4.78, 5) is 11.5. The van der Waals surface area contributed by atoms with Crippen molar-refractivity contribution in [1.82, 2.24) is 0 Å². The predicted molar refractivity (Wildman–Crippen MR) is 67.9 cm³/mol. The van der Waals surface area contributed by atoms with Crippen molar-refractivity contribution >= 4 is 53.8 Å². The number of methoxy groups -OCH3 is 1. The van der Waals surface area contributed by atoms with Crippen LogP contribution < -0.4 is 4.74 Å². The van der Waals surface area contributed by atoms with E-state index in [2.05, 4.69) is 47.8 Å².